The fraction of sp³-hybridized carbons (Fsp3) is 0. The zero-order chi connectivity index (χ0) is 12.3. The standard InChI is InChI=1S/C14H7BN2O/c15-8-5-6-11-9(7-8)13(18)14-16-10-3-1-2-4-12(10)17(11)14/h1-7H. The van der Waals surface area contributed by atoms with Crippen LogP contribution in [-0.2, 0) is 0 Å². The summed E-state index contributed by atoms with van der Waals surface area (Å²) >= 11 is 0. The van der Waals surface area contributed by atoms with E-state index in [1.54, 1.807) is 12.1 Å². The van der Waals surface area contributed by atoms with Gasteiger partial charge < -0.3 is 0 Å². The molecule has 1 aliphatic heterocycles. The van der Waals surface area contributed by atoms with E-state index in [4.69, 9.17) is 7.85 Å². The van der Waals surface area contributed by atoms with Crippen LogP contribution in [-0.4, -0.2) is 23.2 Å². The first-order chi connectivity index (χ1) is 8.75. The minimum Gasteiger partial charge on any atom is -0.289 e. The van der Waals surface area contributed by atoms with Crippen molar-refractivity contribution in [1.82, 2.24) is 9.55 Å². The summed E-state index contributed by atoms with van der Waals surface area (Å²) in [4.78, 5) is 16.7. The Morgan fingerprint density at radius 2 is 1.94 bits per heavy atom. The molecule has 0 N–H and O–H groups in total. The molecule has 4 rings (SSSR count). The number of hydrogen-bond acceptors (Lipinski definition) is 2. The molecular formula is C14H7BN2O. The third kappa shape index (κ3) is 1.05. The number of nitrogens with zero attached hydrogens (tertiary/aromatic N) is 2. The Morgan fingerprint density at radius 1 is 1.11 bits per heavy atom. The molecule has 0 aliphatic carbocycles. The number of imidazole rings is 1. The molecule has 2 heterocycles. The third-order valence-electron chi connectivity index (χ3n) is 3.27. The molecule has 1 aromatic heterocycles. The van der Waals surface area contributed by atoms with Crippen molar-refractivity contribution in [3.8, 4) is 5.69 Å². The maximum absolute atomic E-state index is 12.3. The average Bonchev–Trinajstić information content (AvgIpc) is 2.87. The highest BCUT2D eigenvalue weighted by Gasteiger charge is 2.29. The second-order valence-electron chi connectivity index (χ2n) is 4.37. The largest absolute Gasteiger partial charge is 0.289 e. The SMILES string of the molecule is [B]c1ccc2c(c1)C(=O)c1nc3ccccc3n1-2. The maximum Gasteiger partial charge on any atom is 0.230 e. The first-order valence-electron chi connectivity index (χ1n) is 5.68. The van der Waals surface area contributed by atoms with Crippen molar-refractivity contribution >= 4 is 30.1 Å². The van der Waals surface area contributed by atoms with Crippen molar-refractivity contribution in [2.75, 3.05) is 0 Å². The van der Waals surface area contributed by atoms with Gasteiger partial charge in [0.1, 0.15) is 7.85 Å². The number of benzene rings is 2. The molecule has 0 saturated heterocycles. The van der Waals surface area contributed by atoms with E-state index in [1.807, 2.05) is 34.9 Å². The Labute approximate surface area is 104 Å². The summed E-state index contributed by atoms with van der Waals surface area (Å²) in [5.41, 5.74) is 3.87. The monoisotopic (exact) mass is 230 g/mol. The fourth-order valence-electron chi connectivity index (χ4n) is 2.47. The molecule has 0 spiro atoms. The second kappa shape index (κ2) is 3.10. The molecule has 2 radical (unpaired) electrons. The number of ketones is 1. The smallest absolute Gasteiger partial charge is 0.230 e. The number of aromatic nitrogens is 2. The molecule has 82 valence electrons. The molecule has 4 heteroatoms. The van der Waals surface area contributed by atoms with Crippen molar-refractivity contribution < 1.29 is 4.79 Å². The van der Waals surface area contributed by atoms with Crippen LogP contribution in [0.2, 0.25) is 0 Å². The van der Waals surface area contributed by atoms with Crippen molar-refractivity contribution in [2.24, 2.45) is 0 Å². The molecule has 1 aliphatic rings. The minimum absolute atomic E-state index is 0.0616. The van der Waals surface area contributed by atoms with E-state index in [0.717, 1.165) is 16.7 Å². The molecule has 0 atom stereocenters. The second-order valence-corrected chi connectivity index (χ2v) is 4.37. The highest BCUT2D eigenvalue weighted by molar-refractivity contribution is 6.33. The summed E-state index contributed by atoms with van der Waals surface area (Å²) in [7, 11) is 5.73. The van der Waals surface area contributed by atoms with Crippen LogP contribution in [0.1, 0.15) is 16.2 Å². The zero-order valence-corrected chi connectivity index (χ0v) is 9.42. The van der Waals surface area contributed by atoms with Crippen LogP contribution in [0.25, 0.3) is 16.7 Å². The van der Waals surface area contributed by atoms with E-state index in [1.165, 1.54) is 0 Å². The highest BCUT2D eigenvalue weighted by atomic mass is 16.1. The lowest BCUT2D eigenvalue weighted by atomic mass is 9.93. The third-order valence-corrected chi connectivity index (χ3v) is 3.27. The number of para-hydroxylation sites is 2. The van der Waals surface area contributed by atoms with Gasteiger partial charge in [-0.2, -0.15) is 0 Å². The summed E-state index contributed by atoms with van der Waals surface area (Å²) in [6, 6.07) is 13.1. The molecule has 18 heavy (non-hydrogen) atoms. The summed E-state index contributed by atoms with van der Waals surface area (Å²) in [6.07, 6.45) is 0. The fourth-order valence-corrected chi connectivity index (χ4v) is 2.47. The van der Waals surface area contributed by atoms with Gasteiger partial charge in [-0.05, 0) is 18.2 Å². The quantitative estimate of drug-likeness (QED) is 0.427. The van der Waals surface area contributed by atoms with Crippen LogP contribution < -0.4 is 5.46 Å². The summed E-state index contributed by atoms with van der Waals surface area (Å²) < 4.78 is 1.90. The molecule has 0 fully saturated rings. The molecule has 0 unspecified atom stereocenters. The average molecular weight is 230 g/mol. The van der Waals surface area contributed by atoms with Crippen molar-refractivity contribution in [3.05, 3.63) is 53.9 Å². The van der Waals surface area contributed by atoms with Gasteiger partial charge >= 0.3 is 0 Å². The highest BCUT2D eigenvalue weighted by Crippen LogP contribution is 2.30. The molecule has 3 nitrogen and oxygen atoms in total. The molecule has 0 saturated carbocycles. The number of carbonyl (C=O) groups is 1. The van der Waals surface area contributed by atoms with Gasteiger partial charge in [-0.1, -0.05) is 29.7 Å². The van der Waals surface area contributed by atoms with Gasteiger partial charge in [-0.25, -0.2) is 4.98 Å². The first kappa shape index (κ1) is 9.65. The normalized spacial score (nSPS) is 12.8. The van der Waals surface area contributed by atoms with Crippen LogP contribution in [0.5, 0.6) is 0 Å². The van der Waals surface area contributed by atoms with E-state index in [9.17, 15) is 4.79 Å². The van der Waals surface area contributed by atoms with Crippen LogP contribution in [0, 0.1) is 0 Å². The minimum atomic E-state index is -0.0616. The number of carbonyl (C=O) groups excluding carboxylic acids is 1. The van der Waals surface area contributed by atoms with Crippen molar-refractivity contribution in [2.45, 2.75) is 0 Å². The Hall–Kier alpha value is -2.36. The Morgan fingerprint density at radius 3 is 2.83 bits per heavy atom. The van der Waals surface area contributed by atoms with Gasteiger partial charge in [-0.15, -0.1) is 0 Å². The Bertz CT molecular complexity index is 820. The van der Waals surface area contributed by atoms with Crippen molar-refractivity contribution in [3.63, 3.8) is 0 Å². The van der Waals surface area contributed by atoms with Gasteiger partial charge in [0.05, 0.1) is 16.7 Å². The van der Waals surface area contributed by atoms with Crippen LogP contribution in [0.4, 0.5) is 0 Å². The van der Waals surface area contributed by atoms with Crippen LogP contribution in [0.3, 0.4) is 0 Å². The maximum atomic E-state index is 12.3. The summed E-state index contributed by atoms with van der Waals surface area (Å²) in [5, 5.41) is 0. The molecule has 3 aromatic rings. The molecule has 0 amide bonds. The topological polar surface area (TPSA) is 34.9 Å². The van der Waals surface area contributed by atoms with Crippen LogP contribution in [0.15, 0.2) is 42.5 Å². The van der Waals surface area contributed by atoms with Gasteiger partial charge in [0, 0.05) is 5.56 Å². The zero-order valence-electron chi connectivity index (χ0n) is 9.42. The lowest BCUT2D eigenvalue weighted by molar-refractivity contribution is 0.103. The van der Waals surface area contributed by atoms with E-state index in [0.29, 0.717) is 16.9 Å². The first-order valence-corrected chi connectivity index (χ1v) is 5.68. The number of fused-ring (bicyclic) bond motifs is 5. The number of hydrogen-bond donors (Lipinski definition) is 0. The van der Waals surface area contributed by atoms with Gasteiger partial charge in [0.15, 0.2) is 5.82 Å². The molecular weight excluding hydrogens is 223 g/mol. The predicted molar refractivity (Wildman–Crippen MR) is 69.9 cm³/mol. The lowest BCUT2D eigenvalue weighted by Crippen LogP contribution is -2.05. The van der Waals surface area contributed by atoms with Crippen molar-refractivity contribution in [1.29, 1.82) is 0 Å². The number of rotatable bonds is 0. The predicted octanol–water partition coefficient (Wildman–Crippen LogP) is 1.36. The molecule has 0 bridgehead atoms. The lowest BCUT2D eigenvalue weighted by Gasteiger charge is -2.03. The van der Waals surface area contributed by atoms with Crippen LogP contribution >= 0.6 is 0 Å². The Kier molecular flexibility index (Phi) is 1.66. The van der Waals surface area contributed by atoms with E-state index in [2.05, 4.69) is 4.98 Å². The van der Waals surface area contributed by atoms with Gasteiger partial charge in [0.25, 0.3) is 0 Å². The van der Waals surface area contributed by atoms with Gasteiger partial charge in [-0.3, -0.25) is 9.36 Å². The Balaban J connectivity index is 2.17. The van der Waals surface area contributed by atoms with E-state index >= 15 is 0 Å². The van der Waals surface area contributed by atoms with E-state index < -0.39 is 0 Å². The van der Waals surface area contributed by atoms with Gasteiger partial charge in [0.2, 0.25) is 5.78 Å². The summed E-state index contributed by atoms with van der Waals surface area (Å²) in [5.74, 6) is 0.408. The van der Waals surface area contributed by atoms with E-state index in [-0.39, 0.29) is 5.78 Å². The molecule has 2 aromatic carbocycles. The summed E-state index contributed by atoms with van der Waals surface area (Å²) in [6.45, 7) is 0.